The average Bonchev–Trinajstić information content (AvgIpc) is 1.61. The summed E-state index contributed by atoms with van der Waals surface area (Å²) in [4.78, 5) is 8.53. The van der Waals surface area contributed by atoms with Crippen LogP contribution in [0.15, 0.2) is 0 Å². The quantitative estimate of drug-likeness (QED) is 0.572. The van der Waals surface area contributed by atoms with E-state index in [1.165, 1.54) is 0 Å². The molecule has 7 heavy (non-hydrogen) atoms. The van der Waals surface area contributed by atoms with Gasteiger partial charge in [0.1, 0.15) is 0 Å². The second-order valence-corrected chi connectivity index (χ2v) is 2.48. The fourth-order valence-corrected chi connectivity index (χ4v) is 0.670. The van der Waals surface area contributed by atoms with E-state index in [2.05, 4.69) is 0 Å². The van der Waals surface area contributed by atoms with E-state index in [4.69, 9.17) is 9.42 Å². The van der Waals surface area contributed by atoms with E-state index in [1.807, 2.05) is 6.92 Å². The molecule has 0 aliphatic carbocycles. The lowest BCUT2D eigenvalue weighted by atomic mass is 10.5. The Balaban J connectivity index is 2.68. The predicted molar refractivity (Wildman–Crippen MR) is 31.3 cm³/mol. The van der Waals surface area contributed by atoms with Crippen LogP contribution < -0.4 is 0 Å². The molecule has 0 saturated heterocycles. The minimum atomic E-state index is -1.11. The molecule has 0 fully saturated rings. The van der Waals surface area contributed by atoms with E-state index >= 15 is 0 Å². The molecule has 0 aromatic rings. The average molecular weight is 122 g/mol. The normalized spacial score (nSPS) is 14.1. The van der Waals surface area contributed by atoms with Crippen molar-refractivity contribution in [3.8, 4) is 0 Å². The summed E-state index contributed by atoms with van der Waals surface area (Å²) in [5.41, 5.74) is 0. The molecule has 1 N–H and O–H groups in total. The molecule has 0 spiro atoms. The Labute approximate surface area is 45.4 Å². The van der Waals surface area contributed by atoms with E-state index in [1.54, 1.807) is 6.66 Å². The van der Waals surface area contributed by atoms with Crippen LogP contribution in [-0.4, -0.2) is 18.2 Å². The van der Waals surface area contributed by atoms with Crippen LogP contribution in [0.4, 0.5) is 0 Å². The Morgan fingerprint density at radius 2 is 2.29 bits per heavy atom. The van der Waals surface area contributed by atoms with Gasteiger partial charge in [0, 0.05) is 6.66 Å². The molecule has 2 nitrogen and oxygen atoms in total. The molecule has 44 valence electrons. The number of hydrogen-bond donors (Lipinski definition) is 1. The van der Waals surface area contributed by atoms with Crippen molar-refractivity contribution in [2.45, 2.75) is 13.3 Å². The Morgan fingerprint density at radius 1 is 1.71 bits per heavy atom. The topological polar surface area (TPSA) is 29.5 Å². The van der Waals surface area contributed by atoms with Gasteiger partial charge in [0.25, 0.3) is 0 Å². The molecule has 0 heterocycles. The molecule has 0 rings (SSSR count). The summed E-state index contributed by atoms with van der Waals surface area (Å²) < 4.78 is 4.81. The van der Waals surface area contributed by atoms with E-state index in [0.717, 1.165) is 6.42 Å². The summed E-state index contributed by atoms with van der Waals surface area (Å²) in [5.74, 6) is 0. The maximum absolute atomic E-state index is 8.53. The highest BCUT2D eigenvalue weighted by Gasteiger charge is 1.89. The van der Waals surface area contributed by atoms with Crippen LogP contribution in [0.25, 0.3) is 0 Å². The van der Waals surface area contributed by atoms with Crippen LogP contribution in [-0.2, 0) is 4.52 Å². The summed E-state index contributed by atoms with van der Waals surface area (Å²) in [6.07, 6.45) is 0.979. The molecule has 0 aliphatic heterocycles. The van der Waals surface area contributed by atoms with E-state index in [-0.39, 0.29) is 0 Å². The third-order valence-electron chi connectivity index (χ3n) is 0.482. The third kappa shape index (κ3) is 6.35. The molecule has 0 aromatic carbocycles. The van der Waals surface area contributed by atoms with Crippen LogP contribution in [0, 0.1) is 0 Å². The second kappa shape index (κ2) is 4.51. The molecule has 3 heteroatoms. The number of hydrogen-bond acceptors (Lipinski definition) is 2. The molecule has 0 saturated carbocycles. The lowest BCUT2D eigenvalue weighted by Crippen LogP contribution is -1.83. The first-order valence-corrected chi connectivity index (χ1v) is 3.99. The van der Waals surface area contributed by atoms with Crippen LogP contribution in [0.5, 0.6) is 0 Å². The maximum atomic E-state index is 8.53. The summed E-state index contributed by atoms with van der Waals surface area (Å²) in [6, 6.07) is 0. The van der Waals surface area contributed by atoms with Crippen molar-refractivity contribution in [2.24, 2.45) is 0 Å². The van der Waals surface area contributed by atoms with Gasteiger partial charge in [-0.1, -0.05) is 6.92 Å². The zero-order valence-corrected chi connectivity index (χ0v) is 5.61. The van der Waals surface area contributed by atoms with E-state index in [0.29, 0.717) is 6.61 Å². The van der Waals surface area contributed by atoms with Gasteiger partial charge >= 0.3 is 0 Å². The van der Waals surface area contributed by atoms with Crippen molar-refractivity contribution < 1.29 is 9.42 Å². The third-order valence-corrected chi connectivity index (χ3v) is 1.04. The van der Waals surface area contributed by atoms with Crippen molar-refractivity contribution in [2.75, 3.05) is 13.3 Å². The highest BCUT2D eigenvalue weighted by Crippen LogP contribution is 2.24. The van der Waals surface area contributed by atoms with Gasteiger partial charge < -0.3 is 9.42 Å². The van der Waals surface area contributed by atoms with E-state index < -0.39 is 8.38 Å². The highest BCUT2D eigenvalue weighted by atomic mass is 31.2. The first kappa shape index (κ1) is 7.35. The Hall–Kier alpha value is 0.350. The lowest BCUT2D eigenvalue weighted by Gasteiger charge is -2.00. The number of rotatable bonds is 3. The van der Waals surface area contributed by atoms with Crippen LogP contribution >= 0.6 is 8.38 Å². The smallest absolute Gasteiger partial charge is 0.164 e. The summed E-state index contributed by atoms with van der Waals surface area (Å²) in [5, 5.41) is 0. The van der Waals surface area contributed by atoms with E-state index in [9.17, 15) is 0 Å². The molecule has 1 atom stereocenters. The zero-order chi connectivity index (χ0) is 5.70. The monoisotopic (exact) mass is 122 g/mol. The highest BCUT2D eigenvalue weighted by molar-refractivity contribution is 7.45. The van der Waals surface area contributed by atoms with Crippen molar-refractivity contribution in [3.05, 3.63) is 0 Å². The Kier molecular flexibility index (Phi) is 4.73. The fraction of sp³-hybridized carbons (Fsp3) is 1.00. The van der Waals surface area contributed by atoms with Gasteiger partial charge in [-0.3, -0.25) is 0 Å². The van der Waals surface area contributed by atoms with Crippen molar-refractivity contribution in [1.82, 2.24) is 0 Å². The summed E-state index contributed by atoms with van der Waals surface area (Å²) in [7, 11) is -1.11. The molecule has 0 aromatic heterocycles. The zero-order valence-electron chi connectivity index (χ0n) is 4.72. The van der Waals surface area contributed by atoms with Gasteiger partial charge in [-0.05, 0) is 6.42 Å². The van der Waals surface area contributed by atoms with Gasteiger partial charge in [0.05, 0.1) is 6.61 Å². The van der Waals surface area contributed by atoms with Gasteiger partial charge in [0.2, 0.25) is 0 Å². The van der Waals surface area contributed by atoms with Gasteiger partial charge in [-0.15, -0.1) is 0 Å². The standard InChI is InChI=1S/C4H11O2P/c1-3-4-6-7(2)5/h5H,3-4H2,1-2H3. The second-order valence-electron chi connectivity index (χ2n) is 1.30. The van der Waals surface area contributed by atoms with Gasteiger partial charge in [-0.2, -0.15) is 0 Å². The van der Waals surface area contributed by atoms with Crippen LogP contribution in [0.1, 0.15) is 13.3 Å². The summed E-state index contributed by atoms with van der Waals surface area (Å²) in [6.45, 7) is 4.36. The maximum Gasteiger partial charge on any atom is 0.164 e. The van der Waals surface area contributed by atoms with Crippen LogP contribution in [0.2, 0.25) is 0 Å². The Bertz CT molecular complexity index is 38.7. The Morgan fingerprint density at radius 3 is 2.43 bits per heavy atom. The molecule has 0 radical (unpaired) electrons. The lowest BCUT2D eigenvalue weighted by molar-refractivity contribution is 0.313. The van der Waals surface area contributed by atoms with Crippen molar-refractivity contribution in [3.63, 3.8) is 0 Å². The SMILES string of the molecule is CCCOP(C)O. The molecular formula is C4H11O2P. The first-order valence-electron chi connectivity index (χ1n) is 2.33. The predicted octanol–water partition coefficient (Wildman–Crippen LogP) is 1.35. The van der Waals surface area contributed by atoms with Gasteiger partial charge in [0.15, 0.2) is 8.38 Å². The minimum absolute atomic E-state index is 0.679. The fourth-order valence-electron chi connectivity index (χ4n) is 0.223. The van der Waals surface area contributed by atoms with Crippen LogP contribution in [0.3, 0.4) is 0 Å². The minimum Gasteiger partial charge on any atom is -0.350 e. The first-order chi connectivity index (χ1) is 3.27. The van der Waals surface area contributed by atoms with Gasteiger partial charge in [-0.25, -0.2) is 0 Å². The summed E-state index contributed by atoms with van der Waals surface area (Å²) >= 11 is 0. The molecule has 0 amide bonds. The molecule has 0 bridgehead atoms. The molecular weight excluding hydrogens is 111 g/mol. The van der Waals surface area contributed by atoms with Crippen molar-refractivity contribution >= 4 is 8.38 Å². The van der Waals surface area contributed by atoms with Crippen molar-refractivity contribution in [1.29, 1.82) is 0 Å². The molecule has 1 unspecified atom stereocenters. The largest absolute Gasteiger partial charge is 0.350 e. The molecule has 0 aliphatic rings.